The maximum Gasteiger partial charge on any atom is 0.337 e. The summed E-state index contributed by atoms with van der Waals surface area (Å²) in [6.07, 6.45) is 1.58. The van der Waals surface area contributed by atoms with E-state index in [2.05, 4.69) is 5.32 Å². The Morgan fingerprint density at radius 2 is 2.04 bits per heavy atom. The Morgan fingerprint density at radius 1 is 1.25 bits per heavy atom. The summed E-state index contributed by atoms with van der Waals surface area (Å²) in [5.74, 6) is -0.306. The molecular weight excluding hydrogens is 326 g/mol. The highest BCUT2D eigenvalue weighted by Crippen LogP contribution is 2.35. The summed E-state index contributed by atoms with van der Waals surface area (Å²) in [6.45, 7) is 0. The topological polar surface area (TPSA) is 47.6 Å². The van der Waals surface area contributed by atoms with Crippen LogP contribution in [0.3, 0.4) is 0 Å². The van der Waals surface area contributed by atoms with Crippen molar-refractivity contribution in [3.05, 3.63) is 69.7 Å². The van der Waals surface area contributed by atoms with E-state index >= 15 is 0 Å². The van der Waals surface area contributed by atoms with Crippen LogP contribution in [0.2, 0.25) is 5.02 Å². The number of nitrogens with one attached hydrogen (secondary N) is 1. The molecule has 0 saturated carbocycles. The molecule has 4 nitrogen and oxygen atoms in total. The number of hydrogen-bond acceptors (Lipinski definition) is 4. The van der Waals surface area contributed by atoms with Gasteiger partial charge in [-0.15, -0.1) is 0 Å². The number of rotatable bonds is 5. The van der Waals surface area contributed by atoms with Crippen LogP contribution in [0.15, 0.2) is 42.5 Å². The first-order valence-corrected chi connectivity index (χ1v) is 8.26. The van der Waals surface area contributed by atoms with Crippen LogP contribution in [0, 0.1) is 0 Å². The summed E-state index contributed by atoms with van der Waals surface area (Å²) < 4.78 is 10.4. The molecule has 3 rings (SSSR count). The van der Waals surface area contributed by atoms with Crippen LogP contribution in [-0.2, 0) is 15.9 Å². The predicted molar refractivity (Wildman–Crippen MR) is 93.2 cm³/mol. The fourth-order valence-electron chi connectivity index (χ4n) is 3.19. The predicted octanol–water partition coefficient (Wildman–Crippen LogP) is 4.05. The molecule has 1 N–H and O–H groups in total. The van der Waals surface area contributed by atoms with Crippen molar-refractivity contribution in [2.24, 2.45) is 0 Å². The maximum absolute atomic E-state index is 11.7. The van der Waals surface area contributed by atoms with Crippen molar-refractivity contribution in [1.82, 2.24) is 5.32 Å². The van der Waals surface area contributed by atoms with Gasteiger partial charge < -0.3 is 9.47 Å². The van der Waals surface area contributed by atoms with Gasteiger partial charge in [0.2, 0.25) is 0 Å². The molecule has 1 aliphatic rings. The van der Waals surface area contributed by atoms with Gasteiger partial charge in [-0.25, -0.2) is 4.79 Å². The van der Waals surface area contributed by atoms with Gasteiger partial charge in [0.15, 0.2) is 0 Å². The Morgan fingerprint density at radius 3 is 2.75 bits per heavy atom. The van der Waals surface area contributed by atoms with Crippen LogP contribution in [0.5, 0.6) is 0 Å². The average molecular weight is 346 g/mol. The number of esters is 1. The summed E-state index contributed by atoms with van der Waals surface area (Å²) in [7, 11) is 3.06. The van der Waals surface area contributed by atoms with Crippen molar-refractivity contribution in [3.63, 3.8) is 0 Å². The standard InChI is InChI=1S/C19H20ClNO3/c1-23-18(15-5-3-4-6-16(15)20)21-17-10-8-12-11-13(19(22)24-2)7-9-14(12)17/h3-7,9,11,17-18,21H,8,10H2,1-2H3. The Hall–Kier alpha value is -1.88. The molecule has 2 aromatic rings. The quantitative estimate of drug-likeness (QED) is 0.656. The largest absolute Gasteiger partial charge is 0.465 e. The van der Waals surface area contributed by atoms with Crippen LogP contribution < -0.4 is 5.32 Å². The Balaban J connectivity index is 1.81. The third-order valence-electron chi connectivity index (χ3n) is 4.42. The summed E-state index contributed by atoms with van der Waals surface area (Å²) in [4.78, 5) is 11.7. The summed E-state index contributed by atoms with van der Waals surface area (Å²) in [6, 6.07) is 13.5. The highest BCUT2D eigenvalue weighted by molar-refractivity contribution is 6.31. The van der Waals surface area contributed by atoms with Gasteiger partial charge >= 0.3 is 5.97 Å². The van der Waals surface area contributed by atoms with Gasteiger partial charge in [-0.2, -0.15) is 0 Å². The van der Waals surface area contributed by atoms with Crippen molar-refractivity contribution in [2.75, 3.05) is 14.2 Å². The zero-order chi connectivity index (χ0) is 17.1. The van der Waals surface area contributed by atoms with Crippen molar-refractivity contribution >= 4 is 17.6 Å². The zero-order valence-corrected chi connectivity index (χ0v) is 14.5. The smallest absolute Gasteiger partial charge is 0.337 e. The molecule has 24 heavy (non-hydrogen) atoms. The molecule has 0 heterocycles. The normalized spacial score (nSPS) is 17.4. The van der Waals surface area contributed by atoms with E-state index < -0.39 is 0 Å². The SMILES string of the molecule is COC(=O)c1ccc2c(c1)CCC2NC(OC)c1ccccc1Cl. The zero-order valence-electron chi connectivity index (χ0n) is 13.7. The van der Waals surface area contributed by atoms with Gasteiger partial charge in [-0.1, -0.05) is 35.9 Å². The van der Waals surface area contributed by atoms with E-state index in [0.717, 1.165) is 18.4 Å². The fourth-order valence-corrected chi connectivity index (χ4v) is 3.43. The molecule has 126 valence electrons. The van der Waals surface area contributed by atoms with Crippen LogP contribution in [0.25, 0.3) is 0 Å². The number of halogens is 1. The monoisotopic (exact) mass is 345 g/mol. The van der Waals surface area contributed by atoms with Crippen LogP contribution in [0.4, 0.5) is 0 Å². The minimum Gasteiger partial charge on any atom is -0.465 e. The number of aryl methyl sites for hydroxylation is 1. The van der Waals surface area contributed by atoms with E-state index in [-0.39, 0.29) is 18.2 Å². The van der Waals surface area contributed by atoms with Gasteiger partial charge in [-0.3, -0.25) is 5.32 Å². The molecule has 0 amide bonds. The molecule has 0 aliphatic heterocycles. The molecule has 2 unspecified atom stereocenters. The lowest BCUT2D eigenvalue weighted by Crippen LogP contribution is -2.26. The van der Waals surface area contributed by atoms with E-state index in [9.17, 15) is 4.79 Å². The van der Waals surface area contributed by atoms with Gasteiger partial charge in [0.05, 0.1) is 12.7 Å². The number of methoxy groups -OCH3 is 2. The van der Waals surface area contributed by atoms with Gasteiger partial charge in [0, 0.05) is 23.7 Å². The number of benzene rings is 2. The van der Waals surface area contributed by atoms with Gasteiger partial charge in [-0.05, 0) is 42.2 Å². The van der Waals surface area contributed by atoms with Crippen LogP contribution in [-0.4, -0.2) is 20.2 Å². The minimum absolute atomic E-state index is 0.160. The molecule has 0 aromatic heterocycles. The minimum atomic E-state index is -0.306. The Bertz CT molecular complexity index is 747. The third kappa shape index (κ3) is 3.31. The van der Waals surface area contributed by atoms with Crippen LogP contribution >= 0.6 is 11.6 Å². The van der Waals surface area contributed by atoms with E-state index in [4.69, 9.17) is 21.1 Å². The lowest BCUT2D eigenvalue weighted by atomic mass is 10.0. The van der Waals surface area contributed by atoms with Gasteiger partial charge in [0.25, 0.3) is 0 Å². The van der Waals surface area contributed by atoms with Gasteiger partial charge in [0.1, 0.15) is 6.23 Å². The molecule has 2 aromatic carbocycles. The molecule has 0 spiro atoms. The summed E-state index contributed by atoms with van der Waals surface area (Å²) in [5, 5.41) is 4.20. The Kier molecular flexibility index (Phi) is 5.19. The number of hydrogen-bond donors (Lipinski definition) is 1. The lowest BCUT2D eigenvalue weighted by molar-refractivity contribution is 0.0599. The molecule has 0 radical (unpaired) electrons. The Labute approximate surface area is 146 Å². The van der Waals surface area contributed by atoms with Crippen molar-refractivity contribution in [2.45, 2.75) is 25.1 Å². The number of fused-ring (bicyclic) bond motifs is 1. The molecular formula is C19H20ClNO3. The molecule has 1 aliphatic carbocycles. The second-order valence-electron chi connectivity index (χ2n) is 5.80. The van der Waals surface area contributed by atoms with E-state index in [1.54, 1.807) is 7.11 Å². The molecule has 0 saturated heterocycles. The van der Waals surface area contributed by atoms with Crippen molar-refractivity contribution in [3.8, 4) is 0 Å². The first-order chi connectivity index (χ1) is 11.6. The summed E-state index contributed by atoms with van der Waals surface area (Å²) in [5.41, 5.74) is 3.87. The van der Waals surface area contributed by atoms with Crippen LogP contribution in [0.1, 0.15) is 45.7 Å². The van der Waals surface area contributed by atoms with Crippen molar-refractivity contribution < 1.29 is 14.3 Å². The summed E-state index contributed by atoms with van der Waals surface area (Å²) >= 11 is 6.28. The molecule has 0 fully saturated rings. The highest BCUT2D eigenvalue weighted by Gasteiger charge is 2.27. The number of carbonyl (C=O) groups is 1. The first kappa shape index (κ1) is 17.0. The first-order valence-electron chi connectivity index (χ1n) is 7.88. The van der Waals surface area contributed by atoms with Crippen molar-refractivity contribution in [1.29, 1.82) is 0 Å². The van der Waals surface area contributed by atoms with E-state index in [0.29, 0.717) is 10.6 Å². The highest BCUT2D eigenvalue weighted by atomic mass is 35.5. The maximum atomic E-state index is 11.7. The molecule has 0 bridgehead atoms. The second-order valence-corrected chi connectivity index (χ2v) is 6.21. The second kappa shape index (κ2) is 7.34. The molecule has 2 atom stereocenters. The number of carbonyl (C=O) groups excluding carboxylic acids is 1. The van der Waals surface area contributed by atoms with E-state index in [1.807, 2.05) is 42.5 Å². The fraction of sp³-hybridized carbons (Fsp3) is 0.316. The molecule has 5 heteroatoms. The third-order valence-corrected chi connectivity index (χ3v) is 4.76. The average Bonchev–Trinajstić information content (AvgIpc) is 3.01. The lowest BCUT2D eigenvalue weighted by Gasteiger charge is -2.23. The number of ether oxygens (including phenoxy) is 2. The van der Waals surface area contributed by atoms with E-state index in [1.165, 1.54) is 18.2 Å².